The highest BCUT2D eigenvalue weighted by Crippen LogP contribution is 2.42. The van der Waals surface area contributed by atoms with Crippen LogP contribution in [-0.2, 0) is 0 Å². The third-order valence-corrected chi connectivity index (χ3v) is 10.6. The maximum atomic E-state index is 6.22. The van der Waals surface area contributed by atoms with E-state index in [0.29, 0.717) is 0 Å². The molecule has 0 spiro atoms. The highest BCUT2D eigenvalue weighted by atomic mass is 32.1. The Morgan fingerprint density at radius 3 is 1.98 bits per heavy atom. The number of hydrogen-bond donors (Lipinski definition) is 0. The summed E-state index contributed by atoms with van der Waals surface area (Å²) in [5.74, 6) is 0. The summed E-state index contributed by atoms with van der Waals surface area (Å²) in [5.41, 5.74) is 8.60. The predicted molar refractivity (Wildman–Crippen MR) is 193 cm³/mol. The third-order valence-electron chi connectivity index (χ3n) is 9.53. The van der Waals surface area contributed by atoms with Crippen molar-refractivity contribution in [3.05, 3.63) is 140 Å². The Hall–Kier alpha value is -5.91. The van der Waals surface area contributed by atoms with E-state index in [1.165, 1.54) is 43.4 Å². The van der Waals surface area contributed by atoms with Crippen LogP contribution in [0.3, 0.4) is 0 Å². The molecule has 0 radical (unpaired) electrons. The largest absolute Gasteiger partial charge is 0.456 e. The van der Waals surface area contributed by atoms with Gasteiger partial charge in [0, 0.05) is 38.0 Å². The van der Waals surface area contributed by atoms with E-state index in [9.17, 15) is 0 Å². The van der Waals surface area contributed by atoms with Crippen molar-refractivity contribution in [2.45, 2.75) is 0 Å². The Labute approximate surface area is 265 Å². The Morgan fingerprint density at radius 1 is 0.478 bits per heavy atom. The van der Waals surface area contributed by atoms with Gasteiger partial charge in [-0.3, -0.25) is 4.57 Å². The Bertz CT molecular complexity index is 3040. The molecule has 0 fully saturated rings. The summed E-state index contributed by atoms with van der Waals surface area (Å²) >= 11 is 1.73. The summed E-state index contributed by atoms with van der Waals surface area (Å²) in [7, 11) is 0. The van der Waals surface area contributed by atoms with Crippen LogP contribution in [0.4, 0.5) is 0 Å². The first-order valence-corrected chi connectivity index (χ1v) is 16.3. The van der Waals surface area contributed by atoms with Crippen LogP contribution in [0.15, 0.2) is 144 Å². The van der Waals surface area contributed by atoms with Gasteiger partial charge in [0.2, 0.25) is 0 Å². The molecule has 0 bridgehead atoms. The number of benzene rings is 7. The number of furan rings is 1. The Kier molecular flexibility index (Phi) is 4.69. The molecule has 4 nitrogen and oxygen atoms in total. The normalized spacial score (nSPS) is 12.3. The van der Waals surface area contributed by atoms with Crippen LogP contribution < -0.4 is 0 Å². The van der Waals surface area contributed by atoms with Crippen LogP contribution in [0.2, 0.25) is 0 Å². The first-order chi connectivity index (χ1) is 22.8. The average molecular weight is 606 g/mol. The summed E-state index contributed by atoms with van der Waals surface area (Å²) in [5, 5.41) is 10.6. The van der Waals surface area contributed by atoms with Gasteiger partial charge < -0.3 is 8.98 Å². The van der Waals surface area contributed by atoms with Gasteiger partial charge in [-0.15, -0.1) is 0 Å². The number of rotatable bonds is 2. The van der Waals surface area contributed by atoms with E-state index in [4.69, 9.17) is 9.40 Å². The average Bonchev–Trinajstić information content (AvgIpc) is 3.85. The lowest BCUT2D eigenvalue weighted by atomic mass is 10.1. The lowest BCUT2D eigenvalue weighted by Gasteiger charge is -2.10. The second-order valence-electron chi connectivity index (χ2n) is 12.0. The monoisotopic (exact) mass is 605 g/mol. The van der Waals surface area contributed by atoms with E-state index in [-0.39, 0.29) is 0 Å². The number of fused-ring (bicyclic) bond motifs is 12. The molecule has 46 heavy (non-hydrogen) atoms. The van der Waals surface area contributed by atoms with Gasteiger partial charge in [0.05, 0.1) is 32.3 Å². The van der Waals surface area contributed by atoms with Gasteiger partial charge in [0.15, 0.2) is 5.13 Å². The molecular weight excluding hydrogens is 583 g/mol. The fourth-order valence-corrected chi connectivity index (χ4v) is 8.66. The molecule has 0 aliphatic carbocycles. The molecule has 0 unspecified atom stereocenters. The van der Waals surface area contributed by atoms with Crippen LogP contribution in [0.5, 0.6) is 0 Å². The molecule has 0 N–H and O–H groups in total. The van der Waals surface area contributed by atoms with Crippen LogP contribution in [0.1, 0.15) is 0 Å². The summed E-state index contributed by atoms with van der Waals surface area (Å²) in [6, 6.07) is 50.0. The summed E-state index contributed by atoms with van der Waals surface area (Å²) in [4.78, 5) is 5.25. The molecule has 0 saturated heterocycles. The van der Waals surface area contributed by atoms with E-state index < -0.39 is 0 Å². The molecule has 0 aliphatic rings. The minimum Gasteiger partial charge on any atom is -0.456 e. The van der Waals surface area contributed by atoms with E-state index in [2.05, 4.69) is 137 Å². The zero-order valence-corrected chi connectivity index (χ0v) is 25.3. The molecule has 4 aromatic heterocycles. The van der Waals surface area contributed by atoms with Gasteiger partial charge in [-0.25, -0.2) is 4.98 Å². The van der Waals surface area contributed by atoms with Crippen molar-refractivity contribution in [1.29, 1.82) is 0 Å². The van der Waals surface area contributed by atoms with Gasteiger partial charge in [0.1, 0.15) is 11.2 Å². The summed E-state index contributed by atoms with van der Waals surface area (Å²) < 4.78 is 12.1. The number of aromatic nitrogens is 3. The van der Waals surface area contributed by atoms with E-state index in [1.54, 1.807) is 11.3 Å². The van der Waals surface area contributed by atoms with Crippen molar-refractivity contribution in [3.63, 3.8) is 0 Å². The smallest absolute Gasteiger partial charge is 0.195 e. The molecule has 11 rings (SSSR count). The second-order valence-corrected chi connectivity index (χ2v) is 13.0. The van der Waals surface area contributed by atoms with E-state index in [0.717, 1.165) is 54.0 Å². The number of hydrogen-bond acceptors (Lipinski definition) is 3. The lowest BCUT2D eigenvalue weighted by molar-refractivity contribution is 0.669. The van der Waals surface area contributed by atoms with Gasteiger partial charge in [-0.05, 0) is 65.4 Å². The number of thiazole rings is 1. The minimum absolute atomic E-state index is 0.896. The van der Waals surface area contributed by atoms with Gasteiger partial charge in [-0.2, -0.15) is 0 Å². The summed E-state index contributed by atoms with van der Waals surface area (Å²) in [6.45, 7) is 0. The highest BCUT2D eigenvalue weighted by molar-refractivity contribution is 7.22. The summed E-state index contributed by atoms with van der Waals surface area (Å²) in [6.07, 6.45) is 0. The van der Waals surface area contributed by atoms with Gasteiger partial charge in [-0.1, -0.05) is 96.3 Å². The molecule has 0 amide bonds. The zero-order chi connectivity index (χ0) is 29.9. The minimum atomic E-state index is 0.896. The number of para-hydroxylation sites is 3. The van der Waals surface area contributed by atoms with Crippen molar-refractivity contribution < 1.29 is 4.42 Å². The fourth-order valence-electron chi connectivity index (χ4n) is 7.52. The quantitative estimate of drug-likeness (QED) is 0.196. The number of nitrogens with zero attached hydrogens (tertiary/aromatic N) is 3. The van der Waals surface area contributed by atoms with Crippen molar-refractivity contribution in [2.75, 3.05) is 0 Å². The molecule has 0 atom stereocenters. The van der Waals surface area contributed by atoms with Gasteiger partial charge in [0.25, 0.3) is 0 Å². The molecule has 0 saturated carbocycles. The highest BCUT2D eigenvalue weighted by Gasteiger charge is 2.20. The third kappa shape index (κ3) is 3.19. The molecule has 214 valence electrons. The lowest BCUT2D eigenvalue weighted by Crippen LogP contribution is -1.96. The molecule has 7 aromatic carbocycles. The maximum Gasteiger partial charge on any atom is 0.195 e. The molecule has 0 aliphatic heterocycles. The Balaban J connectivity index is 1.23. The first kappa shape index (κ1) is 24.4. The predicted octanol–water partition coefficient (Wildman–Crippen LogP) is 11.5. The molecular formula is C41H23N3OS. The standard InChI is InChI=1S/C41H23N3OS/c1-2-10-25-22-35-31(21-24(25)9-1)28-12-4-6-14-33(28)43(35)26-17-18-29-27-11-3-7-15-34(27)44(36(29)23-26)41-42-32-19-20-38-39(40(32)46-41)30-13-5-8-16-37(30)45-38/h1-23H. The fraction of sp³-hybridized carbons (Fsp3) is 0. The van der Waals surface area contributed by atoms with Crippen molar-refractivity contribution in [1.82, 2.24) is 14.1 Å². The SMILES string of the molecule is c1ccc2cc3c(cc2c1)c1ccccc1n3-c1ccc2c3ccccc3n(-c3nc4ccc5oc6ccccc6c5c4s3)c2c1. The van der Waals surface area contributed by atoms with Crippen LogP contribution in [-0.4, -0.2) is 14.1 Å². The molecule has 4 heterocycles. The van der Waals surface area contributed by atoms with E-state index >= 15 is 0 Å². The van der Waals surface area contributed by atoms with Gasteiger partial charge >= 0.3 is 0 Å². The van der Waals surface area contributed by atoms with Crippen molar-refractivity contribution in [3.8, 4) is 10.8 Å². The van der Waals surface area contributed by atoms with Crippen LogP contribution in [0, 0.1) is 0 Å². The van der Waals surface area contributed by atoms with E-state index in [1.807, 2.05) is 12.1 Å². The van der Waals surface area contributed by atoms with Crippen molar-refractivity contribution >= 4 is 97.9 Å². The zero-order valence-electron chi connectivity index (χ0n) is 24.4. The topological polar surface area (TPSA) is 35.9 Å². The maximum absolute atomic E-state index is 6.22. The van der Waals surface area contributed by atoms with Crippen LogP contribution in [0.25, 0.3) is 97.4 Å². The first-order valence-electron chi connectivity index (χ1n) is 15.5. The van der Waals surface area contributed by atoms with Crippen molar-refractivity contribution in [2.24, 2.45) is 0 Å². The molecule has 5 heteroatoms. The van der Waals surface area contributed by atoms with Crippen LogP contribution >= 0.6 is 11.3 Å². The molecule has 11 aromatic rings. The second kappa shape index (κ2) is 8.84. The Morgan fingerprint density at radius 2 is 1.13 bits per heavy atom.